The van der Waals surface area contributed by atoms with Crippen molar-refractivity contribution in [2.45, 2.75) is 25.4 Å². The second kappa shape index (κ2) is 8.31. The van der Waals surface area contributed by atoms with E-state index in [2.05, 4.69) is 60.7 Å². The van der Waals surface area contributed by atoms with Crippen molar-refractivity contribution >= 4 is 55.3 Å². The van der Waals surface area contributed by atoms with Gasteiger partial charge in [-0.2, -0.15) is 5.10 Å². The first kappa shape index (κ1) is 19.4. The number of thiophene rings is 1. The maximum atomic E-state index is 4.53. The topological polar surface area (TPSA) is 80.5 Å². The van der Waals surface area contributed by atoms with Gasteiger partial charge >= 0.3 is 0 Å². The van der Waals surface area contributed by atoms with Gasteiger partial charge in [0.15, 0.2) is 5.82 Å². The van der Waals surface area contributed by atoms with Crippen LogP contribution in [0.25, 0.3) is 21.1 Å². The molecule has 0 spiro atoms. The van der Waals surface area contributed by atoms with Crippen LogP contribution in [0.5, 0.6) is 0 Å². The van der Waals surface area contributed by atoms with Crippen LogP contribution in [0.4, 0.5) is 11.5 Å². The quantitative estimate of drug-likeness (QED) is 0.390. The first-order valence-electron chi connectivity index (χ1n) is 10.4. The molecular weight excluding hydrogens is 438 g/mol. The Hall–Kier alpha value is -3.32. The van der Waals surface area contributed by atoms with Gasteiger partial charge in [-0.25, -0.2) is 15.0 Å². The van der Waals surface area contributed by atoms with Crippen LogP contribution in [0, 0.1) is 11.8 Å². The van der Waals surface area contributed by atoms with E-state index in [9.17, 15) is 0 Å². The van der Waals surface area contributed by atoms with Gasteiger partial charge in [-0.15, -0.1) is 22.7 Å². The third-order valence-corrected chi connectivity index (χ3v) is 7.12. The van der Waals surface area contributed by atoms with Crippen LogP contribution in [0.2, 0.25) is 0 Å². The summed E-state index contributed by atoms with van der Waals surface area (Å²) in [4.78, 5) is 14.3. The fourth-order valence-electron chi connectivity index (χ4n) is 3.87. The van der Waals surface area contributed by atoms with Crippen molar-refractivity contribution in [1.82, 2.24) is 30.0 Å². The Morgan fingerprint density at radius 3 is 3.09 bits per heavy atom. The van der Waals surface area contributed by atoms with Crippen LogP contribution in [0.3, 0.4) is 0 Å². The Labute approximate surface area is 192 Å². The molecule has 0 unspecified atom stereocenters. The van der Waals surface area contributed by atoms with E-state index in [0.29, 0.717) is 12.6 Å². The summed E-state index contributed by atoms with van der Waals surface area (Å²) < 4.78 is 2.98. The highest BCUT2D eigenvalue weighted by atomic mass is 32.1. The molecule has 0 saturated carbocycles. The van der Waals surface area contributed by atoms with Gasteiger partial charge in [0.05, 0.1) is 50.6 Å². The average Bonchev–Trinajstić information content (AvgIpc) is 3.60. The molecule has 1 aliphatic rings. The number of nitrogens with zero attached hydrogens (tertiary/aromatic N) is 5. The summed E-state index contributed by atoms with van der Waals surface area (Å²) in [5.74, 6) is 7.43. The van der Waals surface area contributed by atoms with Crippen LogP contribution < -0.4 is 10.6 Å². The van der Waals surface area contributed by atoms with Crippen LogP contribution in [-0.2, 0) is 6.54 Å². The van der Waals surface area contributed by atoms with E-state index in [1.165, 1.54) is 6.42 Å². The molecule has 5 aromatic rings. The van der Waals surface area contributed by atoms with Crippen molar-refractivity contribution in [3.63, 3.8) is 0 Å². The molecule has 9 heteroatoms. The summed E-state index contributed by atoms with van der Waals surface area (Å²) in [6.07, 6.45) is 5.79. The lowest BCUT2D eigenvalue weighted by Crippen LogP contribution is -2.18. The Bertz CT molecular complexity index is 1450. The number of benzene rings is 1. The van der Waals surface area contributed by atoms with Crippen molar-refractivity contribution < 1.29 is 0 Å². The SMILES string of the molecule is C(#C[C@H]1CCCN1)c1cc2ncnc(Nc3ccc4c(cnn4Cc4cscn4)c3)c2s1. The van der Waals surface area contributed by atoms with Gasteiger partial charge in [0.25, 0.3) is 0 Å². The minimum Gasteiger partial charge on any atom is -0.339 e. The minimum atomic E-state index is 0.298. The van der Waals surface area contributed by atoms with Gasteiger partial charge < -0.3 is 10.6 Å². The summed E-state index contributed by atoms with van der Waals surface area (Å²) >= 11 is 3.22. The molecule has 158 valence electrons. The van der Waals surface area contributed by atoms with E-state index in [-0.39, 0.29) is 0 Å². The zero-order valence-electron chi connectivity index (χ0n) is 17.1. The third-order valence-electron chi connectivity index (χ3n) is 5.44. The van der Waals surface area contributed by atoms with Gasteiger partial charge in [-0.3, -0.25) is 4.68 Å². The predicted molar refractivity (Wildman–Crippen MR) is 130 cm³/mol. The van der Waals surface area contributed by atoms with Crippen molar-refractivity contribution in [3.8, 4) is 11.8 Å². The molecule has 5 heterocycles. The maximum absolute atomic E-state index is 4.53. The van der Waals surface area contributed by atoms with Gasteiger partial charge in [-0.1, -0.05) is 11.8 Å². The third kappa shape index (κ3) is 3.84. The second-order valence-electron chi connectivity index (χ2n) is 7.65. The Morgan fingerprint density at radius 2 is 2.22 bits per heavy atom. The van der Waals surface area contributed by atoms with Crippen molar-refractivity contribution in [2.75, 3.05) is 11.9 Å². The molecule has 1 saturated heterocycles. The lowest BCUT2D eigenvalue weighted by molar-refractivity contribution is 0.700. The lowest BCUT2D eigenvalue weighted by Gasteiger charge is -2.07. The monoisotopic (exact) mass is 457 g/mol. The minimum absolute atomic E-state index is 0.298. The molecule has 1 fully saturated rings. The molecule has 4 aromatic heterocycles. The molecule has 0 radical (unpaired) electrons. The van der Waals surface area contributed by atoms with Crippen LogP contribution >= 0.6 is 22.7 Å². The smallest absolute Gasteiger partial charge is 0.151 e. The highest BCUT2D eigenvalue weighted by Gasteiger charge is 2.12. The molecule has 0 bridgehead atoms. The van der Waals surface area contributed by atoms with Gasteiger partial charge in [-0.05, 0) is 43.7 Å². The Morgan fingerprint density at radius 1 is 1.22 bits per heavy atom. The fraction of sp³-hybridized carbons (Fsp3) is 0.217. The van der Waals surface area contributed by atoms with E-state index in [4.69, 9.17) is 0 Å². The summed E-state index contributed by atoms with van der Waals surface area (Å²) in [6.45, 7) is 1.72. The molecule has 0 aliphatic carbocycles. The highest BCUT2D eigenvalue weighted by Crippen LogP contribution is 2.31. The predicted octanol–water partition coefficient (Wildman–Crippen LogP) is 4.39. The molecule has 0 amide bonds. The van der Waals surface area contributed by atoms with Gasteiger partial charge in [0.2, 0.25) is 0 Å². The number of thiazole rings is 1. The molecule has 1 aliphatic heterocycles. The first-order chi connectivity index (χ1) is 15.8. The second-order valence-corrected chi connectivity index (χ2v) is 9.42. The maximum Gasteiger partial charge on any atom is 0.151 e. The standard InChI is InChI=1S/C23H19N7S2/c1-2-16(24-7-1)3-5-19-9-20-22(32-19)23(26-13-25-20)29-17-4-6-21-15(8-17)10-28-30(21)11-18-12-31-14-27-18/h4,6,8-10,12-14,16,24H,1-2,7,11H2,(H,25,26,29)/t16-/m1/s1. The fourth-order valence-corrected chi connectivity index (χ4v) is 5.33. The molecule has 32 heavy (non-hydrogen) atoms. The van der Waals surface area contributed by atoms with Crippen LogP contribution in [-0.4, -0.2) is 37.3 Å². The molecule has 6 rings (SSSR count). The van der Waals surface area contributed by atoms with Gasteiger partial charge in [0.1, 0.15) is 6.33 Å². The average molecular weight is 458 g/mol. The van der Waals surface area contributed by atoms with E-state index in [1.807, 2.05) is 27.8 Å². The first-order valence-corrected chi connectivity index (χ1v) is 12.2. The van der Waals surface area contributed by atoms with Crippen LogP contribution in [0.15, 0.2) is 47.7 Å². The van der Waals surface area contributed by atoms with E-state index in [0.717, 1.165) is 56.2 Å². The lowest BCUT2D eigenvalue weighted by atomic mass is 10.2. The Balaban J connectivity index is 1.27. The molecule has 7 nitrogen and oxygen atoms in total. The van der Waals surface area contributed by atoms with Gasteiger partial charge in [0, 0.05) is 16.5 Å². The van der Waals surface area contributed by atoms with Crippen molar-refractivity contribution in [1.29, 1.82) is 0 Å². The molecule has 1 aromatic carbocycles. The zero-order chi connectivity index (χ0) is 21.3. The number of fused-ring (bicyclic) bond motifs is 2. The van der Waals surface area contributed by atoms with E-state index < -0.39 is 0 Å². The zero-order valence-corrected chi connectivity index (χ0v) is 18.7. The summed E-state index contributed by atoms with van der Waals surface area (Å²) in [7, 11) is 0. The normalized spacial score (nSPS) is 15.8. The highest BCUT2D eigenvalue weighted by molar-refractivity contribution is 7.20. The summed E-state index contributed by atoms with van der Waals surface area (Å²) in [5, 5.41) is 14.5. The van der Waals surface area contributed by atoms with E-state index >= 15 is 0 Å². The number of anilines is 2. The molecule has 2 N–H and O–H groups in total. The van der Waals surface area contributed by atoms with E-state index in [1.54, 1.807) is 29.0 Å². The van der Waals surface area contributed by atoms with Crippen molar-refractivity contribution in [3.05, 3.63) is 58.3 Å². The number of rotatable bonds is 4. The number of nitrogens with one attached hydrogen (secondary N) is 2. The number of aromatic nitrogens is 5. The van der Waals surface area contributed by atoms with Crippen molar-refractivity contribution in [2.24, 2.45) is 0 Å². The largest absolute Gasteiger partial charge is 0.339 e. The van der Waals surface area contributed by atoms with Crippen LogP contribution in [0.1, 0.15) is 23.4 Å². The summed E-state index contributed by atoms with van der Waals surface area (Å²) in [5.41, 5.74) is 5.81. The number of hydrogen-bond donors (Lipinski definition) is 2. The molecular formula is C23H19N7S2. The number of hydrogen-bond acceptors (Lipinski definition) is 8. The Kier molecular flexibility index (Phi) is 5.03. The molecule has 1 atom stereocenters. The summed E-state index contributed by atoms with van der Waals surface area (Å²) in [6, 6.07) is 8.56.